The first-order valence-electron chi connectivity index (χ1n) is 7.48. The van der Waals surface area contributed by atoms with Crippen LogP contribution in [0.15, 0.2) is 23.0 Å². The second kappa shape index (κ2) is 6.16. The van der Waals surface area contributed by atoms with Gasteiger partial charge in [-0.3, -0.25) is 9.36 Å². The summed E-state index contributed by atoms with van der Waals surface area (Å²) in [6.07, 6.45) is 3.52. The SMILES string of the molecule is Cc1ccc2c(=O)n(CC3CCCCN3)c(CCl)nc2c1. The molecule has 21 heavy (non-hydrogen) atoms. The molecule has 0 radical (unpaired) electrons. The molecule has 2 aromatic rings. The Morgan fingerprint density at radius 2 is 2.29 bits per heavy atom. The lowest BCUT2D eigenvalue weighted by Crippen LogP contribution is -2.40. The van der Waals surface area contributed by atoms with Crippen LogP contribution in [0.25, 0.3) is 10.9 Å². The lowest BCUT2D eigenvalue weighted by molar-refractivity contribution is 0.356. The molecule has 0 spiro atoms. The molecule has 112 valence electrons. The Kier molecular flexibility index (Phi) is 4.27. The lowest BCUT2D eigenvalue weighted by Gasteiger charge is -2.25. The molecular weight excluding hydrogens is 286 g/mol. The number of hydrogen-bond acceptors (Lipinski definition) is 3. The number of aryl methyl sites for hydroxylation is 1. The molecule has 3 rings (SSSR count). The molecule has 0 bridgehead atoms. The minimum atomic E-state index is 0.0167. The second-order valence-electron chi connectivity index (χ2n) is 5.74. The molecule has 0 amide bonds. The van der Waals surface area contributed by atoms with E-state index in [1.807, 2.05) is 25.1 Å². The third-order valence-electron chi connectivity index (χ3n) is 4.12. The number of fused-ring (bicyclic) bond motifs is 1. The van der Waals surface area contributed by atoms with Gasteiger partial charge in [-0.1, -0.05) is 12.5 Å². The van der Waals surface area contributed by atoms with Gasteiger partial charge in [-0.05, 0) is 44.0 Å². The number of halogens is 1. The smallest absolute Gasteiger partial charge is 0.261 e. The second-order valence-corrected chi connectivity index (χ2v) is 6.01. The molecule has 1 aliphatic heterocycles. The van der Waals surface area contributed by atoms with Crippen LogP contribution < -0.4 is 10.9 Å². The van der Waals surface area contributed by atoms with Gasteiger partial charge in [-0.25, -0.2) is 4.98 Å². The van der Waals surface area contributed by atoms with Crippen molar-refractivity contribution in [2.45, 2.75) is 44.7 Å². The first-order valence-corrected chi connectivity index (χ1v) is 8.02. The van der Waals surface area contributed by atoms with Crippen LogP contribution in [-0.2, 0) is 12.4 Å². The van der Waals surface area contributed by atoms with Gasteiger partial charge in [0.15, 0.2) is 0 Å². The third-order valence-corrected chi connectivity index (χ3v) is 4.36. The summed E-state index contributed by atoms with van der Waals surface area (Å²) in [4.78, 5) is 17.3. The van der Waals surface area contributed by atoms with Gasteiger partial charge in [-0.15, -0.1) is 11.6 Å². The zero-order valence-electron chi connectivity index (χ0n) is 12.2. The Labute approximate surface area is 129 Å². The Hall–Kier alpha value is -1.39. The van der Waals surface area contributed by atoms with Crippen molar-refractivity contribution < 1.29 is 0 Å². The zero-order valence-corrected chi connectivity index (χ0v) is 13.0. The van der Waals surface area contributed by atoms with Crippen molar-refractivity contribution in [1.82, 2.24) is 14.9 Å². The number of aromatic nitrogens is 2. The summed E-state index contributed by atoms with van der Waals surface area (Å²) < 4.78 is 1.74. The van der Waals surface area contributed by atoms with Crippen molar-refractivity contribution >= 4 is 22.5 Å². The maximum atomic E-state index is 12.7. The monoisotopic (exact) mass is 305 g/mol. The topological polar surface area (TPSA) is 46.9 Å². The molecule has 1 fully saturated rings. The minimum absolute atomic E-state index is 0.0167. The van der Waals surface area contributed by atoms with Gasteiger partial charge in [0, 0.05) is 12.6 Å². The number of nitrogens with one attached hydrogen (secondary N) is 1. The van der Waals surface area contributed by atoms with Gasteiger partial charge in [-0.2, -0.15) is 0 Å². The summed E-state index contributed by atoms with van der Waals surface area (Å²) in [6, 6.07) is 6.09. The van der Waals surface area contributed by atoms with E-state index in [9.17, 15) is 4.79 Å². The molecule has 0 aliphatic carbocycles. The van der Waals surface area contributed by atoms with Crippen LogP contribution in [0.3, 0.4) is 0 Å². The lowest BCUT2D eigenvalue weighted by atomic mass is 10.0. The van der Waals surface area contributed by atoms with Crippen molar-refractivity contribution in [2.24, 2.45) is 0 Å². The predicted octanol–water partition coefficient (Wildman–Crippen LogP) is 2.59. The molecule has 2 heterocycles. The number of rotatable bonds is 3. The van der Waals surface area contributed by atoms with Gasteiger partial charge in [0.25, 0.3) is 5.56 Å². The Bertz CT molecular complexity index is 704. The summed E-state index contributed by atoms with van der Waals surface area (Å²) in [7, 11) is 0. The summed E-state index contributed by atoms with van der Waals surface area (Å²) in [5.74, 6) is 0.915. The Balaban J connectivity index is 2.05. The van der Waals surface area contributed by atoms with E-state index in [1.54, 1.807) is 4.57 Å². The zero-order chi connectivity index (χ0) is 14.8. The third kappa shape index (κ3) is 2.97. The Morgan fingerprint density at radius 1 is 1.43 bits per heavy atom. The summed E-state index contributed by atoms with van der Waals surface area (Å²) in [5, 5.41) is 4.14. The normalized spacial score (nSPS) is 19.0. The molecule has 4 nitrogen and oxygen atoms in total. The quantitative estimate of drug-likeness (QED) is 0.887. The van der Waals surface area contributed by atoms with Gasteiger partial charge in [0.1, 0.15) is 5.82 Å². The van der Waals surface area contributed by atoms with E-state index in [0.717, 1.165) is 24.0 Å². The van der Waals surface area contributed by atoms with Crippen LogP contribution in [-0.4, -0.2) is 22.1 Å². The number of hydrogen-bond donors (Lipinski definition) is 1. The van der Waals surface area contributed by atoms with E-state index in [-0.39, 0.29) is 11.4 Å². The highest BCUT2D eigenvalue weighted by molar-refractivity contribution is 6.16. The van der Waals surface area contributed by atoms with E-state index in [1.165, 1.54) is 12.8 Å². The summed E-state index contributed by atoms with van der Waals surface area (Å²) in [6.45, 7) is 3.67. The fourth-order valence-corrected chi connectivity index (χ4v) is 3.17. The summed E-state index contributed by atoms with van der Waals surface area (Å²) in [5.41, 5.74) is 1.85. The van der Waals surface area contributed by atoms with E-state index < -0.39 is 0 Å². The number of benzene rings is 1. The van der Waals surface area contributed by atoms with Crippen molar-refractivity contribution in [3.63, 3.8) is 0 Å². The molecule has 1 aliphatic rings. The Morgan fingerprint density at radius 3 is 3.00 bits per heavy atom. The molecule has 1 N–H and O–H groups in total. The van der Waals surface area contributed by atoms with Crippen LogP contribution in [0.4, 0.5) is 0 Å². The van der Waals surface area contributed by atoms with Crippen molar-refractivity contribution in [3.05, 3.63) is 39.9 Å². The van der Waals surface area contributed by atoms with Crippen LogP contribution in [0.1, 0.15) is 30.7 Å². The number of nitrogens with zero attached hydrogens (tertiary/aromatic N) is 2. The minimum Gasteiger partial charge on any atom is -0.312 e. The van der Waals surface area contributed by atoms with Crippen LogP contribution in [0.2, 0.25) is 0 Å². The highest BCUT2D eigenvalue weighted by Gasteiger charge is 2.17. The highest BCUT2D eigenvalue weighted by Crippen LogP contribution is 2.14. The van der Waals surface area contributed by atoms with Crippen molar-refractivity contribution in [2.75, 3.05) is 6.54 Å². The molecular formula is C16H20ClN3O. The molecule has 1 unspecified atom stereocenters. The first kappa shape index (κ1) is 14.5. The van der Waals surface area contributed by atoms with Crippen molar-refractivity contribution in [1.29, 1.82) is 0 Å². The summed E-state index contributed by atoms with van der Waals surface area (Å²) >= 11 is 6.02. The molecule has 0 saturated carbocycles. The average molecular weight is 306 g/mol. The van der Waals surface area contributed by atoms with Gasteiger partial charge < -0.3 is 5.32 Å². The fraction of sp³-hybridized carbons (Fsp3) is 0.500. The largest absolute Gasteiger partial charge is 0.312 e. The molecule has 1 aromatic carbocycles. The number of piperidine rings is 1. The maximum absolute atomic E-state index is 12.7. The standard InChI is InChI=1S/C16H20ClN3O/c1-11-5-6-13-14(8-11)19-15(9-17)20(16(13)21)10-12-4-2-3-7-18-12/h5-6,8,12,18H,2-4,7,9-10H2,1H3. The van der Waals surface area contributed by atoms with E-state index in [2.05, 4.69) is 10.3 Å². The predicted molar refractivity (Wildman–Crippen MR) is 85.9 cm³/mol. The van der Waals surface area contributed by atoms with E-state index in [4.69, 9.17) is 11.6 Å². The molecule has 1 saturated heterocycles. The van der Waals surface area contributed by atoms with Crippen LogP contribution >= 0.6 is 11.6 Å². The van der Waals surface area contributed by atoms with Gasteiger partial charge >= 0.3 is 0 Å². The molecule has 1 atom stereocenters. The van der Waals surface area contributed by atoms with E-state index in [0.29, 0.717) is 23.8 Å². The molecule has 1 aromatic heterocycles. The van der Waals surface area contributed by atoms with Crippen molar-refractivity contribution in [3.8, 4) is 0 Å². The number of alkyl halides is 1. The van der Waals surface area contributed by atoms with Gasteiger partial charge in [0.2, 0.25) is 0 Å². The van der Waals surface area contributed by atoms with Gasteiger partial charge in [0.05, 0.1) is 16.8 Å². The first-order chi connectivity index (χ1) is 10.2. The average Bonchev–Trinajstić information content (AvgIpc) is 2.50. The fourth-order valence-electron chi connectivity index (χ4n) is 2.97. The van der Waals surface area contributed by atoms with Crippen LogP contribution in [0.5, 0.6) is 0 Å². The highest BCUT2D eigenvalue weighted by atomic mass is 35.5. The van der Waals surface area contributed by atoms with Crippen LogP contribution in [0, 0.1) is 6.92 Å². The maximum Gasteiger partial charge on any atom is 0.261 e. The molecule has 5 heteroatoms. The van der Waals surface area contributed by atoms with E-state index >= 15 is 0 Å².